The smallest absolute Gasteiger partial charge is 0.261 e. The van der Waals surface area contributed by atoms with Crippen molar-refractivity contribution in [2.45, 2.75) is 39.2 Å². The van der Waals surface area contributed by atoms with Gasteiger partial charge in [-0.25, -0.2) is 4.98 Å². The van der Waals surface area contributed by atoms with Crippen molar-refractivity contribution in [2.75, 3.05) is 13.1 Å². The molecule has 0 spiro atoms. The van der Waals surface area contributed by atoms with Crippen LogP contribution in [0.1, 0.15) is 59.3 Å². The second kappa shape index (κ2) is 8.71. The first-order valence-electron chi connectivity index (χ1n) is 10.6. The average molecular weight is 418 g/mol. The van der Waals surface area contributed by atoms with Crippen LogP contribution in [-0.2, 0) is 11.2 Å². The van der Waals surface area contributed by atoms with Gasteiger partial charge in [0, 0.05) is 32.0 Å². The van der Waals surface area contributed by atoms with E-state index in [-0.39, 0.29) is 36.7 Å². The first kappa shape index (κ1) is 20.8. The van der Waals surface area contributed by atoms with Gasteiger partial charge in [0.25, 0.3) is 11.8 Å². The van der Waals surface area contributed by atoms with E-state index in [1.807, 2.05) is 18.2 Å². The fourth-order valence-electron chi connectivity index (χ4n) is 4.09. The van der Waals surface area contributed by atoms with Gasteiger partial charge in [0.1, 0.15) is 5.82 Å². The van der Waals surface area contributed by atoms with E-state index in [4.69, 9.17) is 4.98 Å². The van der Waals surface area contributed by atoms with Crippen LogP contribution in [0.15, 0.2) is 48.5 Å². The molecule has 2 heterocycles. The average Bonchev–Trinajstić information content (AvgIpc) is 3.24. The fraction of sp³-hybridized carbons (Fsp3) is 0.333. The molecule has 1 aliphatic heterocycles. The van der Waals surface area contributed by atoms with Gasteiger partial charge in [-0.3, -0.25) is 19.3 Å². The summed E-state index contributed by atoms with van der Waals surface area (Å²) in [7, 11) is 0. The van der Waals surface area contributed by atoms with Gasteiger partial charge < -0.3 is 9.88 Å². The minimum absolute atomic E-state index is 0.0937. The molecule has 0 radical (unpaired) electrons. The van der Waals surface area contributed by atoms with E-state index in [2.05, 4.69) is 29.8 Å². The molecule has 4 rings (SSSR count). The second-order valence-corrected chi connectivity index (χ2v) is 7.99. The number of hydrogen-bond acceptors (Lipinski definition) is 4. The van der Waals surface area contributed by atoms with E-state index in [1.54, 1.807) is 24.3 Å². The number of nitrogens with zero attached hydrogens (tertiary/aromatic N) is 3. The molecule has 160 valence electrons. The molecule has 3 aromatic rings. The van der Waals surface area contributed by atoms with E-state index in [9.17, 15) is 14.4 Å². The predicted octanol–water partition coefficient (Wildman–Crippen LogP) is 3.35. The van der Waals surface area contributed by atoms with E-state index < -0.39 is 0 Å². The highest BCUT2D eigenvalue weighted by Gasteiger charge is 2.34. The minimum atomic E-state index is -0.284. The molecule has 1 N–H and O–H groups in total. The van der Waals surface area contributed by atoms with Gasteiger partial charge in [-0.15, -0.1) is 0 Å². The summed E-state index contributed by atoms with van der Waals surface area (Å²) in [4.78, 5) is 42.9. The highest BCUT2D eigenvalue weighted by atomic mass is 16.2. The first-order chi connectivity index (χ1) is 15.0. The van der Waals surface area contributed by atoms with Gasteiger partial charge in [-0.05, 0) is 44.5 Å². The van der Waals surface area contributed by atoms with E-state index in [1.165, 1.54) is 4.90 Å². The zero-order valence-electron chi connectivity index (χ0n) is 17.8. The van der Waals surface area contributed by atoms with Crippen LogP contribution in [0.3, 0.4) is 0 Å². The molecule has 7 heteroatoms. The van der Waals surface area contributed by atoms with Crippen LogP contribution in [0.2, 0.25) is 0 Å². The van der Waals surface area contributed by atoms with Crippen LogP contribution in [-0.4, -0.2) is 45.3 Å². The summed E-state index contributed by atoms with van der Waals surface area (Å²) in [5.74, 6) is 0.286. The predicted molar refractivity (Wildman–Crippen MR) is 118 cm³/mol. The second-order valence-electron chi connectivity index (χ2n) is 7.99. The molecule has 1 aromatic heterocycles. The number of benzene rings is 2. The van der Waals surface area contributed by atoms with Gasteiger partial charge in [-0.2, -0.15) is 0 Å². The Kier molecular flexibility index (Phi) is 5.84. The van der Waals surface area contributed by atoms with Crippen molar-refractivity contribution in [3.8, 4) is 0 Å². The maximum Gasteiger partial charge on any atom is 0.261 e. The van der Waals surface area contributed by atoms with Crippen molar-refractivity contribution in [3.05, 3.63) is 65.5 Å². The Bertz CT molecular complexity index is 1110. The number of para-hydroxylation sites is 2. The Labute approximate surface area is 181 Å². The maximum absolute atomic E-state index is 12.4. The quantitative estimate of drug-likeness (QED) is 0.569. The molecule has 3 amide bonds. The highest BCUT2D eigenvalue weighted by Crippen LogP contribution is 2.23. The Morgan fingerprint density at radius 3 is 2.32 bits per heavy atom. The van der Waals surface area contributed by atoms with Crippen LogP contribution in [0.4, 0.5) is 0 Å². The highest BCUT2D eigenvalue weighted by molar-refractivity contribution is 6.21. The minimum Gasteiger partial charge on any atom is -0.356 e. The van der Waals surface area contributed by atoms with Gasteiger partial charge >= 0.3 is 0 Å². The molecular weight excluding hydrogens is 392 g/mol. The lowest BCUT2D eigenvalue weighted by atomic mass is 10.1. The van der Waals surface area contributed by atoms with Crippen molar-refractivity contribution < 1.29 is 14.4 Å². The standard InChI is InChI=1S/C24H26N4O3/c1-16(2)28-20-11-6-5-10-19(20)26-21(28)13-14-25-22(29)12-7-15-27-23(30)17-8-3-4-9-18(17)24(27)31/h3-6,8-11,16H,7,12-15H2,1-2H3,(H,25,29). The van der Waals surface area contributed by atoms with Crippen molar-refractivity contribution in [2.24, 2.45) is 0 Å². The molecule has 0 atom stereocenters. The molecule has 0 aliphatic carbocycles. The largest absolute Gasteiger partial charge is 0.356 e. The summed E-state index contributed by atoms with van der Waals surface area (Å²) < 4.78 is 2.20. The first-order valence-corrected chi connectivity index (χ1v) is 10.6. The Hall–Kier alpha value is -3.48. The number of fused-ring (bicyclic) bond motifs is 2. The van der Waals surface area contributed by atoms with Crippen LogP contribution < -0.4 is 5.32 Å². The van der Waals surface area contributed by atoms with Gasteiger partial charge in [0.15, 0.2) is 0 Å². The summed E-state index contributed by atoms with van der Waals surface area (Å²) in [5.41, 5.74) is 2.92. The molecular formula is C24H26N4O3. The molecule has 7 nitrogen and oxygen atoms in total. The lowest BCUT2D eigenvalue weighted by Crippen LogP contribution is -2.32. The van der Waals surface area contributed by atoms with Crippen molar-refractivity contribution in [1.29, 1.82) is 0 Å². The van der Waals surface area contributed by atoms with Crippen LogP contribution in [0.25, 0.3) is 11.0 Å². The molecule has 0 bridgehead atoms. The van der Waals surface area contributed by atoms with Gasteiger partial charge in [0.05, 0.1) is 22.2 Å². The van der Waals surface area contributed by atoms with Crippen molar-refractivity contribution in [3.63, 3.8) is 0 Å². The lowest BCUT2D eigenvalue weighted by molar-refractivity contribution is -0.121. The third-order valence-corrected chi connectivity index (χ3v) is 5.52. The van der Waals surface area contributed by atoms with Crippen LogP contribution >= 0.6 is 0 Å². The number of carbonyl (C=O) groups excluding carboxylic acids is 3. The van der Waals surface area contributed by atoms with Crippen LogP contribution in [0, 0.1) is 0 Å². The van der Waals surface area contributed by atoms with E-state index in [0.29, 0.717) is 30.5 Å². The van der Waals surface area contributed by atoms with Gasteiger partial charge in [-0.1, -0.05) is 24.3 Å². The van der Waals surface area contributed by atoms with Crippen molar-refractivity contribution >= 4 is 28.8 Å². The van der Waals surface area contributed by atoms with Crippen LogP contribution in [0.5, 0.6) is 0 Å². The number of hydrogen-bond donors (Lipinski definition) is 1. The Morgan fingerprint density at radius 2 is 1.65 bits per heavy atom. The van der Waals surface area contributed by atoms with E-state index in [0.717, 1.165) is 16.9 Å². The number of imide groups is 1. The number of aromatic nitrogens is 2. The number of carbonyl (C=O) groups is 3. The summed E-state index contributed by atoms with van der Waals surface area (Å²) >= 11 is 0. The molecule has 31 heavy (non-hydrogen) atoms. The molecule has 0 unspecified atom stereocenters. The zero-order valence-corrected chi connectivity index (χ0v) is 17.8. The summed E-state index contributed by atoms with van der Waals surface area (Å²) in [6.45, 7) is 4.97. The summed E-state index contributed by atoms with van der Waals surface area (Å²) in [5, 5.41) is 2.93. The third-order valence-electron chi connectivity index (χ3n) is 5.52. The summed E-state index contributed by atoms with van der Waals surface area (Å²) in [6, 6.07) is 15.1. The third kappa shape index (κ3) is 4.08. The lowest BCUT2D eigenvalue weighted by Gasteiger charge is -2.14. The molecule has 0 saturated carbocycles. The van der Waals surface area contributed by atoms with Crippen molar-refractivity contribution in [1.82, 2.24) is 19.8 Å². The van der Waals surface area contributed by atoms with E-state index >= 15 is 0 Å². The molecule has 1 aliphatic rings. The SMILES string of the molecule is CC(C)n1c(CCNC(=O)CCCN2C(=O)c3ccccc3C2=O)nc2ccccc21. The molecule has 0 fully saturated rings. The zero-order chi connectivity index (χ0) is 22.0. The topological polar surface area (TPSA) is 84.3 Å². The number of imidazole rings is 1. The monoisotopic (exact) mass is 418 g/mol. The summed E-state index contributed by atoms with van der Waals surface area (Å²) in [6.07, 6.45) is 1.33. The molecule has 2 aromatic carbocycles. The normalized spacial score (nSPS) is 13.3. The molecule has 0 saturated heterocycles. The van der Waals surface area contributed by atoms with Gasteiger partial charge in [0.2, 0.25) is 5.91 Å². The number of nitrogens with one attached hydrogen (secondary N) is 1. The fourth-order valence-corrected chi connectivity index (χ4v) is 4.09. The number of rotatable bonds is 8. The Balaban J connectivity index is 1.27. The maximum atomic E-state index is 12.4. The Morgan fingerprint density at radius 1 is 1.00 bits per heavy atom. The number of amides is 3.